The lowest BCUT2D eigenvalue weighted by molar-refractivity contribution is -0.120. The number of benzene rings is 2. The van der Waals surface area contributed by atoms with Crippen molar-refractivity contribution in [1.29, 1.82) is 0 Å². The Morgan fingerprint density at radius 2 is 1.68 bits per heavy atom. The fourth-order valence-corrected chi connectivity index (χ4v) is 3.28. The van der Waals surface area contributed by atoms with Gasteiger partial charge in [0.05, 0.1) is 12.3 Å². The van der Waals surface area contributed by atoms with Gasteiger partial charge in [-0.05, 0) is 24.5 Å². The minimum atomic E-state index is -3.52. The van der Waals surface area contributed by atoms with Crippen molar-refractivity contribution in [1.82, 2.24) is 10.0 Å². The fourth-order valence-electron chi connectivity index (χ4n) is 2.26. The van der Waals surface area contributed by atoms with Gasteiger partial charge in [0.25, 0.3) is 0 Å². The zero-order valence-electron chi connectivity index (χ0n) is 13.7. The third-order valence-electron chi connectivity index (χ3n) is 3.61. The van der Waals surface area contributed by atoms with Crippen LogP contribution in [0.5, 0.6) is 0 Å². The highest BCUT2D eigenvalue weighted by molar-refractivity contribution is 7.89. The molecule has 0 bridgehead atoms. The van der Waals surface area contributed by atoms with Gasteiger partial charge < -0.3 is 5.32 Å². The molecule has 2 aromatic carbocycles. The van der Waals surface area contributed by atoms with E-state index in [2.05, 4.69) is 10.0 Å². The molecular formula is C18H21FN2O3S. The molecule has 2 N–H and O–H groups in total. The summed E-state index contributed by atoms with van der Waals surface area (Å²) in [4.78, 5) is 11.7. The van der Waals surface area contributed by atoms with Crippen molar-refractivity contribution < 1.29 is 17.6 Å². The van der Waals surface area contributed by atoms with E-state index < -0.39 is 21.7 Å². The monoisotopic (exact) mass is 364 g/mol. The molecule has 134 valence electrons. The van der Waals surface area contributed by atoms with Gasteiger partial charge in [-0.1, -0.05) is 48.5 Å². The zero-order valence-corrected chi connectivity index (χ0v) is 14.6. The molecule has 0 heterocycles. The van der Waals surface area contributed by atoms with Crippen LogP contribution in [0.2, 0.25) is 0 Å². The molecule has 5 nitrogen and oxygen atoms in total. The highest BCUT2D eigenvalue weighted by Gasteiger charge is 2.12. The predicted octanol–water partition coefficient (Wildman–Crippen LogP) is 1.99. The first-order chi connectivity index (χ1) is 12.0. The molecule has 0 radical (unpaired) electrons. The zero-order chi connectivity index (χ0) is 18.1. The Morgan fingerprint density at radius 1 is 1.00 bits per heavy atom. The minimum absolute atomic E-state index is 0.0151. The number of hydrogen-bond acceptors (Lipinski definition) is 3. The Kier molecular flexibility index (Phi) is 7.09. The molecule has 0 spiro atoms. The Bertz CT molecular complexity index is 795. The summed E-state index contributed by atoms with van der Waals surface area (Å²) in [5.41, 5.74) is 1.42. The molecule has 0 saturated carbocycles. The first-order valence-corrected chi connectivity index (χ1v) is 9.63. The summed E-state index contributed by atoms with van der Waals surface area (Å²) in [6.07, 6.45) is 1.12. The van der Waals surface area contributed by atoms with Crippen molar-refractivity contribution >= 4 is 15.9 Å². The van der Waals surface area contributed by atoms with Crippen molar-refractivity contribution in [3.63, 3.8) is 0 Å². The summed E-state index contributed by atoms with van der Waals surface area (Å²) < 4.78 is 39.5. The summed E-state index contributed by atoms with van der Waals surface area (Å²) in [6, 6.07) is 15.7. The number of aryl methyl sites for hydroxylation is 1. The molecular weight excluding hydrogens is 343 g/mol. The lowest BCUT2D eigenvalue weighted by atomic mass is 10.1. The van der Waals surface area contributed by atoms with E-state index in [1.54, 1.807) is 18.2 Å². The normalized spacial score (nSPS) is 11.2. The third-order valence-corrected chi connectivity index (χ3v) is 5.02. The molecule has 0 aliphatic rings. The van der Waals surface area contributed by atoms with E-state index in [0.29, 0.717) is 18.4 Å². The lowest BCUT2D eigenvalue weighted by Gasteiger charge is -2.08. The molecule has 25 heavy (non-hydrogen) atoms. The molecule has 2 aromatic rings. The van der Waals surface area contributed by atoms with Crippen LogP contribution in [0.1, 0.15) is 17.5 Å². The van der Waals surface area contributed by atoms with Crippen molar-refractivity contribution in [2.75, 3.05) is 12.3 Å². The first kappa shape index (κ1) is 19.1. The summed E-state index contributed by atoms with van der Waals surface area (Å²) >= 11 is 0. The number of halogens is 1. The number of amides is 1. The van der Waals surface area contributed by atoms with Crippen LogP contribution >= 0.6 is 0 Å². The molecule has 0 aromatic heterocycles. The van der Waals surface area contributed by atoms with Gasteiger partial charge in [0.2, 0.25) is 15.9 Å². The summed E-state index contributed by atoms with van der Waals surface area (Å²) in [7, 11) is -3.52. The van der Waals surface area contributed by atoms with E-state index in [9.17, 15) is 17.6 Å². The number of carbonyl (C=O) groups is 1. The molecule has 1 amide bonds. The quantitative estimate of drug-likeness (QED) is 0.715. The lowest BCUT2D eigenvalue weighted by Crippen LogP contribution is -2.37. The van der Waals surface area contributed by atoms with Gasteiger partial charge in [-0.25, -0.2) is 17.5 Å². The van der Waals surface area contributed by atoms with Crippen molar-refractivity contribution in [3.05, 3.63) is 71.5 Å². The molecule has 0 aliphatic heterocycles. The molecule has 2 rings (SSSR count). The van der Waals surface area contributed by atoms with Crippen LogP contribution in [0.15, 0.2) is 54.6 Å². The highest BCUT2D eigenvalue weighted by Crippen LogP contribution is 2.05. The Labute approximate surface area is 147 Å². The van der Waals surface area contributed by atoms with E-state index in [4.69, 9.17) is 0 Å². The van der Waals surface area contributed by atoms with Crippen molar-refractivity contribution in [2.24, 2.45) is 0 Å². The maximum atomic E-state index is 13.4. The third kappa shape index (κ3) is 7.03. The van der Waals surface area contributed by atoms with Gasteiger partial charge in [-0.2, -0.15) is 0 Å². The van der Waals surface area contributed by atoms with Crippen LogP contribution in [0.25, 0.3) is 0 Å². The second-order valence-electron chi connectivity index (χ2n) is 5.60. The Balaban J connectivity index is 1.70. The Hall–Kier alpha value is -2.25. The summed E-state index contributed by atoms with van der Waals surface area (Å²) in [6.45, 7) is -0.344. The average molecular weight is 364 g/mol. The van der Waals surface area contributed by atoms with Gasteiger partial charge in [0.1, 0.15) is 5.82 Å². The van der Waals surface area contributed by atoms with Crippen molar-refractivity contribution in [3.8, 4) is 0 Å². The predicted molar refractivity (Wildman–Crippen MR) is 94.8 cm³/mol. The minimum Gasteiger partial charge on any atom is -0.351 e. The van der Waals surface area contributed by atoms with Crippen LogP contribution < -0.4 is 10.0 Å². The molecule has 0 unspecified atom stereocenters. The van der Waals surface area contributed by atoms with Crippen LogP contribution in [0, 0.1) is 5.82 Å². The largest absolute Gasteiger partial charge is 0.351 e. The number of carbonyl (C=O) groups excluding carboxylic acids is 1. The highest BCUT2D eigenvalue weighted by atomic mass is 32.2. The number of sulfonamides is 1. The maximum absolute atomic E-state index is 13.4. The van der Waals surface area contributed by atoms with Crippen molar-refractivity contribution in [2.45, 2.75) is 19.4 Å². The number of hydrogen-bond donors (Lipinski definition) is 2. The topological polar surface area (TPSA) is 75.3 Å². The summed E-state index contributed by atoms with van der Waals surface area (Å²) in [5, 5.41) is 2.49. The summed E-state index contributed by atoms with van der Waals surface area (Å²) in [5.74, 6) is -0.971. The molecule has 0 atom stereocenters. The van der Waals surface area contributed by atoms with Gasteiger partial charge >= 0.3 is 0 Å². The van der Waals surface area contributed by atoms with Gasteiger partial charge in [-0.3, -0.25) is 4.79 Å². The second-order valence-corrected chi connectivity index (χ2v) is 7.52. The van der Waals surface area contributed by atoms with Crippen LogP contribution in [-0.2, 0) is 27.8 Å². The molecule has 0 aliphatic carbocycles. The van der Waals surface area contributed by atoms with E-state index in [1.165, 1.54) is 6.07 Å². The van der Waals surface area contributed by atoms with Crippen LogP contribution in [0.4, 0.5) is 4.39 Å². The Morgan fingerprint density at radius 3 is 2.40 bits per heavy atom. The van der Waals surface area contributed by atoms with Gasteiger partial charge in [0, 0.05) is 12.1 Å². The smallest absolute Gasteiger partial charge is 0.235 e. The van der Waals surface area contributed by atoms with Gasteiger partial charge in [0.15, 0.2) is 0 Å². The fraction of sp³-hybridized carbons (Fsp3) is 0.278. The molecule has 0 saturated heterocycles. The van der Waals surface area contributed by atoms with Crippen LogP contribution in [-0.4, -0.2) is 26.6 Å². The standard InChI is InChI=1S/C18H21FN2O3S/c19-17-11-5-4-10-16(17)13-20-18(22)14-21-25(23,24)12-6-9-15-7-2-1-3-8-15/h1-5,7-8,10-11,21H,6,9,12-14H2,(H,20,22). The number of nitrogens with one attached hydrogen (secondary N) is 2. The van der Waals surface area contributed by atoms with E-state index >= 15 is 0 Å². The molecule has 7 heteroatoms. The maximum Gasteiger partial charge on any atom is 0.235 e. The molecule has 0 fully saturated rings. The SMILES string of the molecule is O=C(CNS(=O)(=O)CCCc1ccccc1)NCc1ccccc1F. The van der Waals surface area contributed by atoms with E-state index in [-0.39, 0.29) is 18.8 Å². The van der Waals surface area contributed by atoms with E-state index in [1.807, 2.05) is 30.3 Å². The average Bonchev–Trinajstić information content (AvgIpc) is 2.60. The first-order valence-electron chi connectivity index (χ1n) is 7.98. The number of rotatable bonds is 9. The second kappa shape index (κ2) is 9.29. The van der Waals surface area contributed by atoms with Crippen LogP contribution in [0.3, 0.4) is 0 Å². The van der Waals surface area contributed by atoms with E-state index in [0.717, 1.165) is 5.56 Å². The van der Waals surface area contributed by atoms with Gasteiger partial charge in [-0.15, -0.1) is 0 Å².